The summed E-state index contributed by atoms with van der Waals surface area (Å²) in [6, 6.07) is 8.04. The van der Waals surface area contributed by atoms with Gasteiger partial charge in [-0.15, -0.1) is 0 Å². The maximum Gasteiger partial charge on any atom is 0.240 e. The summed E-state index contributed by atoms with van der Waals surface area (Å²) in [5.74, 6) is 0.417. The van der Waals surface area contributed by atoms with Gasteiger partial charge in [0.25, 0.3) is 0 Å². The van der Waals surface area contributed by atoms with Gasteiger partial charge in [0, 0.05) is 30.5 Å². The number of carbonyl (C=O) groups excluding carboxylic acids is 1. The summed E-state index contributed by atoms with van der Waals surface area (Å²) in [5.41, 5.74) is 1.13. The van der Waals surface area contributed by atoms with Crippen LogP contribution >= 0.6 is 15.9 Å². The Balaban J connectivity index is 1.89. The second-order valence-electron chi connectivity index (χ2n) is 4.72. The molecule has 0 bridgehead atoms. The number of methoxy groups -OCH3 is 1. The van der Waals surface area contributed by atoms with Crippen LogP contribution in [0.25, 0.3) is 0 Å². The standard InChI is InChI=1S/C15H19BrN4O2/c1-22-9-7-17-10-14(21)19-15-18-6-8-20(15)11-12-2-4-13(16)5-3-12/h2-6,8,17H,7,9-11H2,1H3,(H,18,19,21). The summed E-state index contributed by atoms with van der Waals surface area (Å²) in [5, 5.41) is 5.79. The molecule has 0 aliphatic heterocycles. The van der Waals surface area contributed by atoms with E-state index in [0.29, 0.717) is 25.6 Å². The average molecular weight is 367 g/mol. The summed E-state index contributed by atoms with van der Waals surface area (Å²) in [7, 11) is 1.63. The fourth-order valence-corrected chi connectivity index (χ4v) is 2.16. The summed E-state index contributed by atoms with van der Waals surface area (Å²) < 4.78 is 7.85. The molecule has 2 rings (SSSR count). The molecule has 0 aliphatic rings. The number of amides is 1. The molecule has 0 fully saturated rings. The molecule has 0 atom stereocenters. The number of rotatable bonds is 8. The van der Waals surface area contributed by atoms with Crippen molar-refractivity contribution in [2.24, 2.45) is 0 Å². The van der Waals surface area contributed by atoms with Crippen LogP contribution in [0, 0.1) is 0 Å². The van der Waals surface area contributed by atoms with Crippen molar-refractivity contribution in [3.63, 3.8) is 0 Å². The Labute approximate surface area is 138 Å². The second-order valence-corrected chi connectivity index (χ2v) is 5.64. The molecule has 0 saturated carbocycles. The molecule has 118 valence electrons. The van der Waals surface area contributed by atoms with Crippen LogP contribution in [0.4, 0.5) is 5.95 Å². The fraction of sp³-hybridized carbons (Fsp3) is 0.333. The minimum atomic E-state index is -0.126. The number of aromatic nitrogens is 2. The van der Waals surface area contributed by atoms with Gasteiger partial charge in [-0.25, -0.2) is 4.98 Å². The lowest BCUT2D eigenvalue weighted by Crippen LogP contribution is -2.31. The first-order valence-corrected chi connectivity index (χ1v) is 7.73. The zero-order chi connectivity index (χ0) is 15.8. The molecule has 1 amide bonds. The number of nitrogens with one attached hydrogen (secondary N) is 2. The van der Waals surface area contributed by atoms with Gasteiger partial charge in [0.1, 0.15) is 0 Å². The lowest BCUT2D eigenvalue weighted by Gasteiger charge is -2.10. The molecule has 0 saturated heterocycles. The number of hydrogen-bond acceptors (Lipinski definition) is 4. The number of hydrogen-bond donors (Lipinski definition) is 2. The predicted octanol–water partition coefficient (Wildman–Crippen LogP) is 1.87. The van der Waals surface area contributed by atoms with Crippen molar-refractivity contribution in [2.75, 3.05) is 32.1 Å². The first-order chi connectivity index (χ1) is 10.7. The molecule has 0 spiro atoms. The van der Waals surface area contributed by atoms with Gasteiger partial charge in [0.2, 0.25) is 11.9 Å². The molecule has 1 aromatic carbocycles. The molecule has 22 heavy (non-hydrogen) atoms. The first-order valence-electron chi connectivity index (χ1n) is 6.94. The van der Waals surface area contributed by atoms with Gasteiger partial charge in [0.15, 0.2) is 0 Å². The number of benzene rings is 1. The Bertz CT molecular complexity index is 598. The Morgan fingerprint density at radius 3 is 2.86 bits per heavy atom. The Kier molecular flexibility index (Phi) is 6.57. The number of imidazole rings is 1. The van der Waals surface area contributed by atoms with Crippen LogP contribution in [0.5, 0.6) is 0 Å². The minimum absolute atomic E-state index is 0.126. The molecule has 0 aliphatic carbocycles. The zero-order valence-electron chi connectivity index (χ0n) is 12.4. The van der Waals surface area contributed by atoms with E-state index in [4.69, 9.17) is 4.74 Å². The molecular weight excluding hydrogens is 348 g/mol. The van der Waals surface area contributed by atoms with E-state index < -0.39 is 0 Å². The lowest BCUT2D eigenvalue weighted by atomic mass is 10.2. The first kappa shape index (κ1) is 16.7. The quantitative estimate of drug-likeness (QED) is 0.699. The second kappa shape index (κ2) is 8.67. The normalized spacial score (nSPS) is 10.6. The number of anilines is 1. The van der Waals surface area contributed by atoms with Crippen LogP contribution in [0.1, 0.15) is 5.56 Å². The van der Waals surface area contributed by atoms with Crippen LogP contribution in [-0.4, -0.2) is 42.3 Å². The average Bonchev–Trinajstić information content (AvgIpc) is 2.93. The molecule has 2 aromatic rings. The highest BCUT2D eigenvalue weighted by Crippen LogP contribution is 2.13. The van der Waals surface area contributed by atoms with Gasteiger partial charge in [0.05, 0.1) is 19.7 Å². The Hall–Kier alpha value is -1.70. The molecule has 1 heterocycles. The van der Waals surface area contributed by atoms with Crippen LogP contribution in [0.3, 0.4) is 0 Å². The van der Waals surface area contributed by atoms with Crippen LogP contribution in [-0.2, 0) is 16.1 Å². The van der Waals surface area contributed by atoms with E-state index in [-0.39, 0.29) is 12.5 Å². The number of ether oxygens (including phenoxy) is 1. The van der Waals surface area contributed by atoms with Crippen molar-refractivity contribution in [2.45, 2.75) is 6.54 Å². The van der Waals surface area contributed by atoms with Gasteiger partial charge in [-0.3, -0.25) is 10.1 Å². The minimum Gasteiger partial charge on any atom is -0.383 e. The van der Waals surface area contributed by atoms with E-state index in [1.807, 2.05) is 35.0 Å². The van der Waals surface area contributed by atoms with Crippen molar-refractivity contribution >= 4 is 27.8 Å². The van der Waals surface area contributed by atoms with E-state index in [1.54, 1.807) is 13.3 Å². The maximum atomic E-state index is 11.8. The van der Waals surface area contributed by atoms with E-state index in [1.165, 1.54) is 0 Å². The SMILES string of the molecule is COCCNCC(=O)Nc1nccn1Cc1ccc(Br)cc1. The molecule has 0 unspecified atom stereocenters. The molecule has 2 N–H and O–H groups in total. The highest BCUT2D eigenvalue weighted by molar-refractivity contribution is 9.10. The topological polar surface area (TPSA) is 68.2 Å². The molecule has 6 nitrogen and oxygen atoms in total. The van der Waals surface area contributed by atoms with Crippen LogP contribution < -0.4 is 10.6 Å². The number of carbonyl (C=O) groups is 1. The van der Waals surface area contributed by atoms with Gasteiger partial charge in [-0.05, 0) is 17.7 Å². The van der Waals surface area contributed by atoms with Crippen LogP contribution in [0.2, 0.25) is 0 Å². The summed E-state index contributed by atoms with van der Waals surface area (Å²) in [6.45, 7) is 2.09. The highest BCUT2D eigenvalue weighted by atomic mass is 79.9. The van der Waals surface area contributed by atoms with Gasteiger partial charge in [-0.2, -0.15) is 0 Å². The summed E-state index contributed by atoms with van der Waals surface area (Å²) in [6.07, 6.45) is 3.52. The largest absolute Gasteiger partial charge is 0.383 e. The Morgan fingerprint density at radius 1 is 1.36 bits per heavy atom. The van der Waals surface area contributed by atoms with Crippen molar-refractivity contribution in [3.8, 4) is 0 Å². The van der Waals surface area contributed by atoms with Crippen molar-refractivity contribution in [1.82, 2.24) is 14.9 Å². The number of nitrogens with zero attached hydrogens (tertiary/aromatic N) is 2. The third-order valence-corrected chi connectivity index (χ3v) is 3.53. The fourth-order valence-electron chi connectivity index (χ4n) is 1.89. The third kappa shape index (κ3) is 5.25. The van der Waals surface area contributed by atoms with Crippen LogP contribution in [0.15, 0.2) is 41.1 Å². The van der Waals surface area contributed by atoms with Gasteiger partial charge in [-0.1, -0.05) is 28.1 Å². The van der Waals surface area contributed by atoms with E-state index in [2.05, 4.69) is 31.5 Å². The zero-order valence-corrected chi connectivity index (χ0v) is 14.0. The number of halogens is 1. The molecule has 7 heteroatoms. The monoisotopic (exact) mass is 366 g/mol. The van der Waals surface area contributed by atoms with Gasteiger partial charge >= 0.3 is 0 Å². The van der Waals surface area contributed by atoms with Crippen molar-refractivity contribution in [1.29, 1.82) is 0 Å². The predicted molar refractivity (Wildman–Crippen MR) is 88.8 cm³/mol. The highest BCUT2D eigenvalue weighted by Gasteiger charge is 2.07. The van der Waals surface area contributed by atoms with Crippen molar-refractivity contribution in [3.05, 3.63) is 46.7 Å². The van der Waals surface area contributed by atoms with Crippen molar-refractivity contribution < 1.29 is 9.53 Å². The molecule has 1 aromatic heterocycles. The Morgan fingerprint density at radius 2 is 2.14 bits per heavy atom. The summed E-state index contributed by atoms with van der Waals surface area (Å²) in [4.78, 5) is 16.0. The van der Waals surface area contributed by atoms with E-state index in [9.17, 15) is 4.79 Å². The van der Waals surface area contributed by atoms with E-state index in [0.717, 1.165) is 10.0 Å². The van der Waals surface area contributed by atoms with Gasteiger partial charge < -0.3 is 14.6 Å². The smallest absolute Gasteiger partial charge is 0.240 e. The maximum absolute atomic E-state index is 11.8. The molecular formula is C15H19BrN4O2. The third-order valence-electron chi connectivity index (χ3n) is 3.00. The molecule has 0 radical (unpaired) electrons. The summed E-state index contributed by atoms with van der Waals surface area (Å²) >= 11 is 3.41. The van der Waals surface area contributed by atoms with E-state index >= 15 is 0 Å². The lowest BCUT2D eigenvalue weighted by molar-refractivity contribution is -0.115.